The predicted octanol–water partition coefficient (Wildman–Crippen LogP) is 4.36. The van der Waals surface area contributed by atoms with Gasteiger partial charge in [-0.25, -0.2) is 9.07 Å². The number of ether oxygens (including phenoxy) is 2. The fourth-order valence-corrected chi connectivity index (χ4v) is 4.94. The average molecular weight is 558 g/mol. The summed E-state index contributed by atoms with van der Waals surface area (Å²) in [5.41, 5.74) is 4.29. The van der Waals surface area contributed by atoms with E-state index in [0.29, 0.717) is 12.0 Å². The molecule has 0 saturated heterocycles. The van der Waals surface area contributed by atoms with Crippen molar-refractivity contribution in [3.05, 3.63) is 135 Å². The third-order valence-electron chi connectivity index (χ3n) is 7.26. The maximum absolute atomic E-state index is 13.8. The van der Waals surface area contributed by atoms with Crippen LogP contribution in [0.4, 0.5) is 4.39 Å². The summed E-state index contributed by atoms with van der Waals surface area (Å²) in [7, 11) is 1.83. The molecule has 1 amide bonds. The zero-order valence-corrected chi connectivity index (χ0v) is 22.9. The van der Waals surface area contributed by atoms with E-state index in [1.54, 1.807) is 22.9 Å². The Bertz CT molecular complexity index is 1590. The van der Waals surface area contributed by atoms with E-state index >= 15 is 0 Å². The largest absolute Gasteiger partial charge is 0.459 e. The number of rotatable bonds is 9. The van der Waals surface area contributed by atoms with Crippen molar-refractivity contribution in [1.29, 1.82) is 0 Å². The second kappa shape index (κ2) is 12.4. The smallest absolute Gasteiger partial charge is 0.286 e. The van der Waals surface area contributed by atoms with E-state index in [1.807, 2.05) is 73.3 Å². The van der Waals surface area contributed by atoms with Crippen molar-refractivity contribution < 1.29 is 23.8 Å². The number of halogens is 1. The van der Waals surface area contributed by atoms with E-state index in [0.717, 1.165) is 28.1 Å². The van der Waals surface area contributed by atoms with Gasteiger partial charge in [0.05, 0.1) is 18.9 Å². The molecule has 0 bridgehead atoms. The van der Waals surface area contributed by atoms with Gasteiger partial charge in [-0.3, -0.25) is 14.3 Å². The summed E-state index contributed by atoms with van der Waals surface area (Å²) in [6, 6.07) is 22.6. The molecule has 5 rings (SSSR count). The molecular formula is C32H32FN3O5. The number of carbonyl (C=O) groups is 1. The summed E-state index contributed by atoms with van der Waals surface area (Å²) < 4.78 is 28.8. The lowest BCUT2D eigenvalue weighted by Crippen LogP contribution is -2.33. The number of aromatic nitrogens is 2. The van der Waals surface area contributed by atoms with Crippen LogP contribution in [0.1, 0.15) is 40.3 Å². The standard InChI is InChI=1S/C32H32FN3O5/c1-21-30(32(39)36(35(21)2)27-6-4-3-5-7-27)25-16-28(31(38)34-18-22-12-14-26(33)15-13-22)41-29(17-25)40-20-24-10-8-23(19-37)9-11-24/h3-16,25,29,37H,17-20H2,1-2H3,(H,34,38)/t25-,29+/m1/s1. The molecule has 1 aliphatic heterocycles. The van der Waals surface area contributed by atoms with Crippen LogP contribution in [0.25, 0.3) is 5.69 Å². The van der Waals surface area contributed by atoms with Crippen molar-refractivity contribution in [2.75, 3.05) is 0 Å². The van der Waals surface area contributed by atoms with Crippen LogP contribution in [0.15, 0.2) is 95.5 Å². The number of nitrogens with zero attached hydrogens (tertiary/aromatic N) is 2. The molecule has 2 heterocycles. The number of amides is 1. The number of benzene rings is 3. The van der Waals surface area contributed by atoms with Crippen LogP contribution in [0.5, 0.6) is 0 Å². The molecule has 9 heteroatoms. The number of allylic oxidation sites excluding steroid dienone is 1. The van der Waals surface area contributed by atoms with Gasteiger partial charge in [-0.05, 0) is 54.0 Å². The fourth-order valence-electron chi connectivity index (χ4n) is 4.94. The lowest BCUT2D eigenvalue weighted by molar-refractivity contribution is -0.150. The Kier molecular flexibility index (Phi) is 8.47. The van der Waals surface area contributed by atoms with Crippen LogP contribution in [0, 0.1) is 12.7 Å². The summed E-state index contributed by atoms with van der Waals surface area (Å²) >= 11 is 0. The van der Waals surface area contributed by atoms with Crippen molar-refractivity contribution in [3.8, 4) is 5.69 Å². The van der Waals surface area contributed by atoms with Crippen LogP contribution < -0.4 is 10.9 Å². The van der Waals surface area contributed by atoms with Gasteiger partial charge in [0.15, 0.2) is 5.76 Å². The highest BCUT2D eigenvalue weighted by atomic mass is 19.1. The number of para-hydroxylation sites is 1. The molecule has 4 aromatic rings. The van der Waals surface area contributed by atoms with Crippen LogP contribution in [-0.2, 0) is 41.1 Å². The van der Waals surface area contributed by atoms with Crippen LogP contribution in [-0.4, -0.2) is 26.7 Å². The number of hydrogen-bond acceptors (Lipinski definition) is 5. The molecule has 2 atom stereocenters. The van der Waals surface area contributed by atoms with Gasteiger partial charge < -0.3 is 19.9 Å². The number of aliphatic hydroxyl groups is 1. The molecule has 0 spiro atoms. The van der Waals surface area contributed by atoms with Gasteiger partial charge >= 0.3 is 0 Å². The molecule has 0 fully saturated rings. The minimum atomic E-state index is -0.793. The fraction of sp³-hybridized carbons (Fsp3) is 0.250. The SMILES string of the molecule is Cc1c([C@@H]2C=C(C(=O)NCc3ccc(F)cc3)O[C@H](OCc3ccc(CO)cc3)C2)c(=O)n(-c2ccccc2)n1C. The van der Waals surface area contributed by atoms with Crippen molar-refractivity contribution in [3.63, 3.8) is 0 Å². The lowest BCUT2D eigenvalue weighted by atomic mass is 9.93. The van der Waals surface area contributed by atoms with Gasteiger partial charge in [-0.15, -0.1) is 0 Å². The maximum atomic E-state index is 13.8. The Morgan fingerprint density at radius 3 is 2.37 bits per heavy atom. The topological polar surface area (TPSA) is 94.7 Å². The van der Waals surface area contributed by atoms with Gasteiger partial charge in [-0.2, -0.15) is 0 Å². The van der Waals surface area contributed by atoms with Gasteiger partial charge in [0.1, 0.15) is 5.82 Å². The summed E-state index contributed by atoms with van der Waals surface area (Å²) in [5, 5.41) is 12.1. The zero-order chi connectivity index (χ0) is 28.9. The molecule has 8 nitrogen and oxygen atoms in total. The summed E-state index contributed by atoms with van der Waals surface area (Å²) in [4.78, 5) is 27.0. The highest BCUT2D eigenvalue weighted by Gasteiger charge is 2.33. The zero-order valence-electron chi connectivity index (χ0n) is 22.9. The van der Waals surface area contributed by atoms with E-state index in [2.05, 4.69) is 5.32 Å². The molecule has 212 valence electrons. The van der Waals surface area contributed by atoms with Crippen LogP contribution >= 0.6 is 0 Å². The quantitative estimate of drug-likeness (QED) is 0.319. The van der Waals surface area contributed by atoms with Crippen molar-refractivity contribution >= 4 is 5.91 Å². The molecule has 2 N–H and O–H groups in total. The first-order chi connectivity index (χ1) is 19.8. The number of hydrogen-bond donors (Lipinski definition) is 2. The highest BCUT2D eigenvalue weighted by Crippen LogP contribution is 2.32. The third-order valence-corrected chi connectivity index (χ3v) is 7.26. The minimum Gasteiger partial charge on any atom is -0.459 e. The molecule has 0 aliphatic carbocycles. The number of aliphatic hydroxyl groups excluding tert-OH is 1. The monoisotopic (exact) mass is 557 g/mol. The number of nitrogens with one attached hydrogen (secondary N) is 1. The maximum Gasteiger partial charge on any atom is 0.286 e. The van der Waals surface area contributed by atoms with E-state index in [4.69, 9.17) is 9.47 Å². The molecule has 1 aromatic heterocycles. The van der Waals surface area contributed by atoms with Gasteiger partial charge in [-0.1, -0.05) is 54.6 Å². The van der Waals surface area contributed by atoms with Gasteiger partial charge in [0.25, 0.3) is 11.5 Å². The van der Waals surface area contributed by atoms with Crippen molar-refractivity contribution in [2.45, 2.75) is 45.3 Å². The Morgan fingerprint density at radius 1 is 1.02 bits per heavy atom. The Hall–Kier alpha value is -4.47. The van der Waals surface area contributed by atoms with E-state index in [1.165, 1.54) is 12.1 Å². The number of carbonyl (C=O) groups excluding carboxylic acids is 1. The molecule has 0 radical (unpaired) electrons. The lowest BCUT2D eigenvalue weighted by Gasteiger charge is -2.29. The summed E-state index contributed by atoms with van der Waals surface area (Å²) in [5.74, 6) is -1.21. The van der Waals surface area contributed by atoms with Gasteiger partial charge in [0, 0.05) is 37.2 Å². The van der Waals surface area contributed by atoms with E-state index < -0.39 is 18.1 Å². The highest BCUT2D eigenvalue weighted by molar-refractivity contribution is 5.91. The molecule has 3 aromatic carbocycles. The average Bonchev–Trinajstić information content (AvgIpc) is 3.23. The Morgan fingerprint density at radius 2 is 1.68 bits per heavy atom. The van der Waals surface area contributed by atoms with Crippen molar-refractivity contribution in [2.24, 2.45) is 7.05 Å². The predicted molar refractivity (Wildman–Crippen MR) is 151 cm³/mol. The molecular weight excluding hydrogens is 525 g/mol. The molecule has 0 unspecified atom stereocenters. The van der Waals surface area contributed by atoms with Crippen LogP contribution in [0.3, 0.4) is 0 Å². The second-order valence-electron chi connectivity index (χ2n) is 9.99. The Labute approximate surface area is 237 Å². The second-order valence-corrected chi connectivity index (χ2v) is 9.99. The van der Waals surface area contributed by atoms with Crippen LogP contribution in [0.2, 0.25) is 0 Å². The molecule has 1 aliphatic rings. The van der Waals surface area contributed by atoms with E-state index in [-0.39, 0.29) is 36.9 Å². The third kappa shape index (κ3) is 6.32. The first-order valence-corrected chi connectivity index (χ1v) is 13.4. The Balaban J connectivity index is 1.42. The first-order valence-electron chi connectivity index (χ1n) is 13.4. The van der Waals surface area contributed by atoms with E-state index in [9.17, 15) is 19.1 Å². The van der Waals surface area contributed by atoms with Gasteiger partial charge in [0.2, 0.25) is 6.29 Å². The summed E-state index contributed by atoms with van der Waals surface area (Å²) in [6.07, 6.45) is 1.21. The molecule has 0 saturated carbocycles. The summed E-state index contributed by atoms with van der Waals surface area (Å²) in [6.45, 7) is 2.23. The first kappa shape index (κ1) is 28.1. The normalized spacial score (nSPS) is 16.6. The van der Waals surface area contributed by atoms with Crippen molar-refractivity contribution in [1.82, 2.24) is 14.7 Å². The molecule has 41 heavy (non-hydrogen) atoms. The minimum absolute atomic E-state index is 0.0489.